The van der Waals surface area contributed by atoms with E-state index in [1.54, 1.807) is 0 Å². The molecule has 0 aromatic carbocycles. The van der Waals surface area contributed by atoms with E-state index < -0.39 is 0 Å². The smallest absolute Gasteiger partial charge is 0.179 e. The molecule has 0 spiro atoms. The van der Waals surface area contributed by atoms with E-state index >= 15 is 0 Å². The molecule has 4 heteroatoms. The van der Waals surface area contributed by atoms with Crippen molar-refractivity contribution in [2.45, 2.75) is 39.2 Å². The Morgan fingerprint density at radius 3 is 2.94 bits per heavy atom. The molecule has 3 nitrogen and oxygen atoms in total. The van der Waals surface area contributed by atoms with E-state index in [0.717, 1.165) is 28.4 Å². The molecule has 94 valence electrons. The zero-order chi connectivity index (χ0) is 12.3. The SMILES string of the molecule is Cc1ccnc2c1[nH]c(=S)n2CC1(C2CC2)CC1. The highest BCUT2D eigenvalue weighted by atomic mass is 32.1. The van der Waals surface area contributed by atoms with Crippen molar-refractivity contribution in [2.75, 3.05) is 0 Å². The van der Waals surface area contributed by atoms with Crippen molar-refractivity contribution in [3.63, 3.8) is 0 Å². The molecule has 0 radical (unpaired) electrons. The van der Waals surface area contributed by atoms with Gasteiger partial charge in [-0.3, -0.25) is 0 Å². The van der Waals surface area contributed by atoms with E-state index in [9.17, 15) is 0 Å². The van der Waals surface area contributed by atoms with Gasteiger partial charge in [-0.05, 0) is 67.8 Å². The molecule has 0 bridgehead atoms. The summed E-state index contributed by atoms with van der Waals surface area (Å²) in [6, 6.07) is 2.03. The van der Waals surface area contributed by atoms with Crippen LogP contribution in [0.25, 0.3) is 11.2 Å². The number of nitrogens with zero attached hydrogens (tertiary/aromatic N) is 2. The lowest BCUT2D eigenvalue weighted by Crippen LogP contribution is -2.14. The molecular formula is C14H17N3S. The molecule has 4 rings (SSSR count). The maximum Gasteiger partial charge on any atom is 0.179 e. The van der Waals surface area contributed by atoms with Crippen molar-refractivity contribution in [2.24, 2.45) is 11.3 Å². The molecule has 2 aliphatic carbocycles. The minimum atomic E-state index is 0.554. The molecule has 0 amide bonds. The van der Waals surface area contributed by atoms with Crippen LogP contribution in [0.15, 0.2) is 12.3 Å². The van der Waals surface area contributed by atoms with Gasteiger partial charge in [0.05, 0.1) is 5.52 Å². The highest BCUT2D eigenvalue weighted by molar-refractivity contribution is 7.71. The van der Waals surface area contributed by atoms with Crippen LogP contribution in [0.3, 0.4) is 0 Å². The molecule has 18 heavy (non-hydrogen) atoms. The summed E-state index contributed by atoms with van der Waals surface area (Å²) in [5.41, 5.74) is 3.92. The highest BCUT2D eigenvalue weighted by Gasteiger charge is 2.53. The van der Waals surface area contributed by atoms with Gasteiger partial charge in [0.25, 0.3) is 0 Å². The van der Waals surface area contributed by atoms with Crippen LogP contribution in [0.4, 0.5) is 0 Å². The van der Waals surface area contributed by atoms with Gasteiger partial charge in [-0.1, -0.05) is 0 Å². The lowest BCUT2D eigenvalue weighted by atomic mass is 10.0. The van der Waals surface area contributed by atoms with Crippen LogP contribution >= 0.6 is 12.2 Å². The van der Waals surface area contributed by atoms with E-state index in [1.165, 1.54) is 31.2 Å². The predicted octanol–water partition coefficient (Wildman–Crippen LogP) is 3.59. The molecular weight excluding hydrogens is 242 g/mol. The molecule has 2 aromatic heterocycles. The summed E-state index contributed by atoms with van der Waals surface area (Å²) in [6.45, 7) is 3.17. The van der Waals surface area contributed by atoms with Gasteiger partial charge < -0.3 is 9.55 Å². The van der Waals surface area contributed by atoms with Gasteiger partial charge in [0.2, 0.25) is 0 Å². The van der Waals surface area contributed by atoms with Crippen molar-refractivity contribution in [3.8, 4) is 0 Å². The number of fused-ring (bicyclic) bond motifs is 1. The Bertz CT molecular complexity index is 674. The highest BCUT2D eigenvalue weighted by Crippen LogP contribution is 2.62. The average Bonchev–Trinajstić information content (AvgIpc) is 3.23. The summed E-state index contributed by atoms with van der Waals surface area (Å²) < 4.78 is 3.06. The van der Waals surface area contributed by atoms with Crippen LogP contribution < -0.4 is 0 Å². The van der Waals surface area contributed by atoms with E-state index in [-0.39, 0.29) is 0 Å². The number of rotatable bonds is 3. The quantitative estimate of drug-likeness (QED) is 0.855. The van der Waals surface area contributed by atoms with Crippen molar-refractivity contribution in [1.82, 2.24) is 14.5 Å². The van der Waals surface area contributed by atoms with Crippen molar-refractivity contribution >= 4 is 23.4 Å². The van der Waals surface area contributed by atoms with Gasteiger partial charge in [-0.15, -0.1) is 0 Å². The third-order valence-electron chi connectivity index (χ3n) is 4.68. The largest absolute Gasteiger partial charge is 0.329 e. The van der Waals surface area contributed by atoms with Crippen LogP contribution in [-0.2, 0) is 6.54 Å². The first-order chi connectivity index (χ1) is 8.70. The maximum absolute atomic E-state index is 5.48. The molecule has 1 N–H and O–H groups in total. The first-order valence-corrected chi connectivity index (χ1v) is 7.15. The summed E-state index contributed by atoms with van der Waals surface area (Å²) >= 11 is 5.48. The lowest BCUT2D eigenvalue weighted by Gasteiger charge is -2.15. The fourth-order valence-electron chi connectivity index (χ4n) is 3.19. The summed E-state index contributed by atoms with van der Waals surface area (Å²) in [5, 5.41) is 0. The Morgan fingerprint density at radius 1 is 1.50 bits per heavy atom. The maximum atomic E-state index is 5.48. The van der Waals surface area contributed by atoms with Gasteiger partial charge in [0.1, 0.15) is 0 Å². The van der Waals surface area contributed by atoms with Crippen molar-refractivity contribution < 1.29 is 0 Å². The van der Waals surface area contributed by atoms with Crippen molar-refractivity contribution in [3.05, 3.63) is 22.6 Å². The number of pyridine rings is 1. The van der Waals surface area contributed by atoms with Crippen LogP contribution in [-0.4, -0.2) is 14.5 Å². The lowest BCUT2D eigenvalue weighted by molar-refractivity contribution is 0.372. The number of aryl methyl sites for hydroxylation is 1. The molecule has 2 saturated carbocycles. The minimum Gasteiger partial charge on any atom is -0.329 e. The summed E-state index contributed by atoms with van der Waals surface area (Å²) in [7, 11) is 0. The third kappa shape index (κ3) is 1.48. The van der Waals surface area contributed by atoms with Gasteiger partial charge in [-0.25, -0.2) is 4.98 Å². The Balaban J connectivity index is 1.82. The molecule has 2 heterocycles. The zero-order valence-electron chi connectivity index (χ0n) is 10.6. The second-order valence-electron chi connectivity index (χ2n) is 5.98. The van der Waals surface area contributed by atoms with Gasteiger partial charge in [-0.2, -0.15) is 0 Å². The van der Waals surface area contributed by atoms with Crippen LogP contribution in [0.2, 0.25) is 0 Å². The van der Waals surface area contributed by atoms with Gasteiger partial charge in [0, 0.05) is 12.7 Å². The van der Waals surface area contributed by atoms with Crippen LogP contribution in [0.5, 0.6) is 0 Å². The normalized spacial score (nSPS) is 21.4. The van der Waals surface area contributed by atoms with E-state index in [2.05, 4.69) is 21.5 Å². The number of aromatic amines is 1. The van der Waals surface area contributed by atoms with E-state index in [0.29, 0.717) is 5.41 Å². The van der Waals surface area contributed by atoms with Crippen molar-refractivity contribution in [1.29, 1.82) is 0 Å². The minimum absolute atomic E-state index is 0.554. The van der Waals surface area contributed by atoms with Gasteiger partial charge in [0.15, 0.2) is 10.4 Å². The molecule has 0 aliphatic heterocycles. The summed E-state index contributed by atoms with van der Waals surface area (Å²) in [4.78, 5) is 7.84. The predicted molar refractivity (Wildman–Crippen MR) is 74.0 cm³/mol. The second kappa shape index (κ2) is 3.44. The second-order valence-corrected chi connectivity index (χ2v) is 6.37. The third-order valence-corrected chi connectivity index (χ3v) is 5.00. The van der Waals surface area contributed by atoms with Crippen LogP contribution in [0, 0.1) is 23.0 Å². The number of imidazole rings is 1. The van der Waals surface area contributed by atoms with Gasteiger partial charge >= 0.3 is 0 Å². The molecule has 2 fully saturated rings. The zero-order valence-corrected chi connectivity index (χ0v) is 11.4. The fourth-order valence-corrected chi connectivity index (χ4v) is 3.44. The molecule has 0 atom stereocenters. The van der Waals surface area contributed by atoms with Crippen LogP contribution in [0.1, 0.15) is 31.2 Å². The first-order valence-electron chi connectivity index (χ1n) is 6.74. The molecule has 2 aromatic rings. The average molecular weight is 259 g/mol. The van der Waals surface area contributed by atoms with E-state index in [1.807, 2.05) is 12.3 Å². The molecule has 2 aliphatic rings. The number of aromatic nitrogens is 3. The molecule has 0 saturated heterocycles. The number of nitrogens with one attached hydrogen (secondary N) is 1. The Kier molecular flexibility index (Phi) is 2.05. The number of hydrogen-bond donors (Lipinski definition) is 1. The topological polar surface area (TPSA) is 33.6 Å². The standard InChI is InChI=1S/C14H17N3S/c1-9-4-7-15-12-11(9)16-13(18)17(12)8-14(5-6-14)10-2-3-10/h4,7,10H,2-3,5-6,8H2,1H3,(H,16,18). The number of hydrogen-bond acceptors (Lipinski definition) is 2. The molecule has 0 unspecified atom stereocenters. The summed E-state index contributed by atoms with van der Waals surface area (Å²) in [6.07, 6.45) is 7.47. The Morgan fingerprint density at radius 2 is 2.28 bits per heavy atom. The fraction of sp³-hybridized carbons (Fsp3) is 0.571. The monoisotopic (exact) mass is 259 g/mol. The van der Waals surface area contributed by atoms with E-state index in [4.69, 9.17) is 12.2 Å². The Labute approximate surface area is 111 Å². The number of H-pyrrole nitrogens is 1. The summed E-state index contributed by atoms with van der Waals surface area (Å²) in [5.74, 6) is 0.953. The Hall–Kier alpha value is -1.16. The first kappa shape index (κ1) is 10.7.